The van der Waals surface area contributed by atoms with Gasteiger partial charge in [-0.1, -0.05) is 29.3 Å². The highest BCUT2D eigenvalue weighted by molar-refractivity contribution is 7.15. The first-order chi connectivity index (χ1) is 11.6. The van der Waals surface area contributed by atoms with Gasteiger partial charge in [0.2, 0.25) is 0 Å². The van der Waals surface area contributed by atoms with Crippen LogP contribution in [0.1, 0.15) is 41.8 Å². The number of aliphatic hydroxyl groups is 1. The summed E-state index contributed by atoms with van der Waals surface area (Å²) in [6.07, 6.45) is 3.74. The number of thiazole rings is 1. The van der Waals surface area contributed by atoms with Gasteiger partial charge in [-0.05, 0) is 25.0 Å². The maximum absolute atomic E-state index is 10.4. The summed E-state index contributed by atoms with van der Waals surface area (Å²) >= 11 is 14.0. The minimum atomic E-state index is -0.749. The number of benzene rings is 1. The van der Waals surface area contributed by atoms with Crippen molar-refractivity contribution >= 4 is 39.5 Å². The van der Waals surface area contributed by atoms with Crippen LogP contribution in [0.2, 0.25) is 10.0 Å². The van der Waals surface area contributed by atoms with Crippen molar-refractivity contribution < 1.29 is 5.11 Å². The number of aliphatic hydroxyl groups excluding tert-OH is 1. The number of hydrogen-bond acceptors (Lipinski definition) is 4. The molecule has 0 aliphatic heterocycles. The highest BCUT2D eigenvalue weighted by Gasteiger charge is 2.30. The molecule has 1 aliphatic carbocycles. The lowest BCUT2D eigenvalue weighted by Crippen LogP contribution is -2.22. The van der Waals surface area contributed by atoms with Crippen LogP contribution in [-0.4, -0.2) is 21.0 Å². The summed E-state index contributed by atoms with van der Waals surface area (Å²) in [6.45, 7) is 1.04. The van der Waals surface area contributed by atoms with Gasteiger partial charge in [0.1, 0.15) is 0 Å². The number of halogens is 2. The number of hydrogen-bond donors (Lipinski definition) is 2. The Morgan fingerprint density at radius 2 is 2.08 bits per heavy atom. The molecular formula is C17H17Cl2N3OS. The summed E-state index contributed by atoms with van der Waals surface area (Å²) in [7, 11) is 0. The molecule has 2 aromatic heterocycles. The van der Waals surface area contributed by atoms with Gasteiger partial charge in [-0.15, -0.1) is 11.3 Å². The Bertz CT molecular complexity index is 852. The van der Waals surface area contributed by atoms with Crippen LogP contribution in [0.15, 0.2) is 29.8 Å². The lowest BCUT2D eigenvalue weighted by molar-refractivity contribution is 0.174. The molecule has 1 fully saturated rings. The molecule has 1 saturated carbocycles. The average molecular weight is 382 g/mol. The Morgan fingerprint density at radius 3 is 2.79 bits per heavy atom. The Hall–Kier alpha value is -1.11. The molecular weight excluding hydrogens is 365 g/mol. The molecule has 1 aliphatic rings. The van der Waals surface area contributed by atoms with E-state index in [0.29, 0.717) is 34.6 Å². The number of fused-ring (bicyclic) bond motifs is 1. The van der Waals surface area contributed by atoms with E-state index in [9.17, 15) is 5.11 Å². The van der Waals surface area contributed by atoms with Gasteiger partial charge in [-0.3, -0.25) is 4.40 Å². The van der Waals surface area contributed by atoms with Crippen LogP contribution in [0.4, 0.5) is 0 Å². The largest absolute Gasteiger partial charge is 0.387 e. The van der Waals surface area contributed by atoms with Crippen molar-refractivity contribution in [2.24, 2.45) is 0 Å². The first-order valence-electron chi connectivity index (χ1n) is 7.92. The molecule has 0 radical (unpaired) electrons. The fourth-order valence-corrected chi connectivity index (χ4v) is 4.36. The molecule has 1 unspecified atom stereocenters. The van der Waals surface area contributed by atoms with Gasteiger partial charge in [0.15, 0.2) is 4.96 Å². The third kappa shape index (κ3) is 3.07. The van der Waals surface area contributed by atoms with E-state index >= 15 is 0 Å². The van der Waals surface area contributed by atoms with Gasteiger partial charge < -0.3 is 10.4 Å². The van der Waals surface area contributed by atoms with E-state index in [1.807, 2.05) is 5.38 Å². The molecule has 3 aromatic rings. The quantitative estimate of drug-likeness (QED) is 0.664. The fourth-order valence-electron chi connectivity index (χ4n) is 2.97. The molecule has 2 heterocycles. The summed E-state index contributed by atoms with van der Waals surface area (Å²) in [4.78, 5) is 5.79. The Morgan fingerprint density at radius 1 is 1.33 bits per heavy atom. The summed E-state index contributed by atoms with van der Waals surface area (Å²) < 4.78 is 2.14. The molecule has 1 aromatic carbocycles. The molecule has 0 amide bonds. The first-order valence-corrected chi connectivity index (χ1v) is 9.55. The number of aromatic nitrogens is 2. The second kappa shape index (κ2) is 6.65. The maximum Gasteiger partial charge on any atom is 0.194 e. The molecule has 4 nitrogen and oxygen atoms in total. The van der Waals surface area contributed by atoms with Gasteiger partial charge in [0.05, 0.1) is 17.5 Å². The van der Waals surface area contributed by atoms with E-state index in [2.05, 4.69) is 15.9 Å². The molecule has 0 bridgehead atoms. The van der Waals surface area contributed by atoms with Crippen LogP contribution in [0.5, 0.6) is 0 Å². The summed E-state index contributed by atoms with van der Waals surface area (Å²) in [5.74, 6) is 0.594. The van der Waals surface area contributed by atoms with Crippen molar-refractivity contribution in [3.8, 4) is 0 Å². The number of rotatable bonds is 6. The van der Waals surface area contributed by atoms with E-state index in [0.717, 1.165) is 4.96 Å². The second-order valence-corrected chi connectivity index (χ2v) is 7.74. The third-order valence-electron chi connectivity index (χ3n) is 4.32. The summed E-state index contributed by atoms with van der Waals surface area (Å²) in [6, 6.07) is 5.25. The molecule has 1 atom stereocenters. The van der Waals surface area contributed by atoms with E-state index in [4.69, 9.17) is 28.2 Å². The second-order valence-electron chi connectivity index (χ2n) is 6.06. The molecule has 0 saturated heterocycles. The molecule has 24 heavy (non-hydrogen) atoms. The molecule has 126 valence electrons. The summed E-state index contributed by atoms with van der Waals surface area (Å²) in [5.41, 5.74) is 2.95. The molecule has 2 N–H and O–H groups in total. The minimum Gasteiger partial charge on any atom is -0.387 e. The van der Waals surface area contributed by atoms with Crippen molar-refractivity contribution in [3.63, 3.8) is 0 Å². The average Bonchev–Trinajstić information content (AvgIpc) is 3.18. The molecule has 4 rings (SSSR count). The Balaban J connectivity index is 1.48. The van der Waals surface area contributed by atoms with Crippen LogP contribution in [0.25, 0.3) is 4.96 Å². The van der Waals surface area contributed by atoms with Crippen LogP contribution in [0, 0.1) is 0 Å². The zero-order chi connectivity index (χ0) is 16.7. The van der Waals surface area contributed by atoms with Gasteiger partial charge in [-0.2, -0.15) is 0 Å². The topological polar surface area (TPSA) is 49.6 Å². The van der Waals surface area contributed by atoms with Crippen molar-refractivity contribution in [1.82, 2.24) is 14.7 Å². The smallest absolute Gasteiger partial charge is 0.194 e. The lowest BCUT2D eigenvalue weighted by atomic mass is 10.1. The van der Waals surface area contributed by atoms with E-state index in [1.165, 1.54) is 24.2 Å². The van der Waals surface area contributed by atoms with Crippen molar-refractivity contribution in [1.29, 1.82) is 0 Å². The van der Waals surface area contributed by atoms with Crippen LogP contribution >= 0.6 is 34.5 Å². The standard InChI is InChI=1S/C17H17Cl2N3OS/c18-11-2-1-3-12(19)15(11)14(23)9-20-8-13-16(10-4-5-10)21-17-22(13)6-7-24-17/h1-3,6-7,10,14,20,23H,4-5,8-9H2. The zero-order valence-electron chi connectivity index (χ0n) is 12.9. The van der Waals surface area contributed by atoms with E-state index in [1.54, 1.807) is 29.5 Å². The van der Waals surface area contributed by atoms with Gasteiger partial charge >= 0.3 is 0 Å². The first kappa shape index (κ1) is 16.4. The highest BCUT2D eigenvalue weighted by atomic mass is 35.5. The Kier molecular flexibility index (Phi) is 4.54. The minimum absolute atomic E-state index is 0.380. The van der Waals surface area contributed by atoms with Crippen molar-refractivity contribution in [2.75, 3.05) is 6.54 Å². The monoisotopic (exact) mass is 381 g/mol. The van der Waals surface area contributed by atoms with Crippen molar-refractivity contribution in [3.05, 3.63) is 56.8 Å². The van der Waals surface area contributed by atoms with Gasteiger partial charge in [-0.25, -0.2) is 4.98 Å². The van der Waals surface area contributed by atoms with Crippen molar-refractivity contribution in [2.45, 2.75) is 31.4 Å². The predicted octanol–water partition coefficient (Wildman–Crippen LogP) is 4.40. The zero-order valence-corrected chi connectivity index (χ0v) is 15.2. The van der Waals surface area contributed by atoms with Crippen LogP contribution in [0.3, 0.4) is 0 Å². The normalized spacial score (nSPS) is 16.0. The molecule has 7 heteroatoms. The lowest BCUT2D eigenvalue weighted by Gasteiger charge is -2.15. The Labute approximate surface area is 154 Å². The third-order valence-corrected chi connectivity index (χ3v) is 5.73. The van der Waals surface area contributed by atoms with E-state index < -0.39 is 6.10 Å². The van der Waals surface area contributed by atoms with Gasteiger partial charge in [0.25, 0.3) is 0 Å². The molecule has 0 spiro atoms. The van der Waals surface area contributed by atoms with E-state index in [-0.39, 0.29) is 0 Å². The van der Waals surface area contributed by atoms with Crippen LogP contribution in [-0.2, 0) is 6.54 Å². The highest BCUT2D eigenvalue weighted by Crippen LogP contribution is 2.41. The predicted molar refractivity (Wildman–Crippen MR) is 98.2 cm³/mol. The maximum atomic E-state index is 10.4. The fraction of sp³-hybridized carbons (Fsp3) is 0.353. The summed E-state index contributed by atoms with van der Waals surface area (Å²) in [5, 5.41) is 16.8. The number of nitrogens with one attached hydrogen (secondary N) is 1. The van der Waals surface area contributed by atoms with Gasteiger partial charge in [0, 0.05) is 46.2 Å². The van der Waals surface area contributed by atoms with Crippen LogP contribution < -0.4 is 5.32 Å². The SMILES string of the molecule is OC(CNCc1c(C2CC2)nc2sccn12)c1c(Cl)cccc1Cl. The number of nitrogens with zero attached hydrogens (tertiary/aromatic N) is 2. The number of imidazole rings is 1.